The van der Waals surface area contributed by atoms with Crippen LogP contribution in [0.25, 0.3) is 0 Å². The molecule has 0 saturated carbocycles. The Kier molecular flexibility index (Phi) is 11.3. The first-order valence-electron chi connectivity index (χ1n) is 11.0. The number of sulfonamides is 1. The number of carboxylic acid groups (broad SMARTS) is 1. The van der Waals surface area contributed by atoms with Crippen LogP contribution >= 0.6 is 15.9 Å². The van der Waals surface area contributed by atoms with Crippen LogP contribution in [0.3, 0.4) is 0 Å². The van der Waals surface area contributed by atoms with Crippen LogP contribution in [0.2, 0.25) is 0 Å². The van der Waals surface area contributed by atoms with Gasteiger partial charge in [0.25, 0.3) is 5.91 Å². The van der Waals surface area contributed by atoms with E-state index in [-0.39, 0.29) is 18.2 Å². The molecule has 0 radical (unpaired) electrons. The number of carboxylic acids is 1. The van der Waals surface area contributed by atoms with Crippen LogP contribution in [0.4, 0.5) is 13.2 Å². The predicted molar refractivity (Wildman–Crippen MR) is 132 cm³/mol. The van der Waals surface area contributed by atoms with Gasteiger partial charge in [0.1, 0.15) is 0 Å². The Hall–Kier alpha value is -2.48. The number of halogens is 4. The van der Waals surface area contributed by atoms with Crippen molar-refractivity contribution >= 4 is 37.8 Å². The lowest BCUT2D eigenvalue weighted by molar-refractivity contribution is -0.192. The van der Waals surface area contributed by atoms with Crippen LogP contribution in [0.15, 0.2) is 59.1 Å². The van der Waals surface area contributed by atoms with Crippen LogP contribution in [0, 0.1) is 0 Å². The third kappa shape index (κ3) is 9.88. The standard InChI is InChI=1S/C21H26BrN3O3S.C2HF3O2/c22-20-8-6-19(7-9-20)21(26)24(13-10-18-4-2-1-3-5-18)16-17-29(27,28)25-14-11-23-12-15-25;3-2(4,5)1(6)7/h1-9,23H,10-17H2;(H,6,7). The van der Waals surface area contributed by atoms with Crippen LogP contribution in [-0.4, -0.2) is 85.8 Å². The second kappa shape index (κ2) is 13.7. The van der Waals surface area contributed by atoms with Crippen molar-refractivity contribution in [3.05, 3.63) is 70.2 Å². The SMILES string of the molecule is O=C(O)C(F)(F)F.O=C(c1ccc(Br)cc1)N(CCc1ccccc1)CCS(=O)(=O)N1CCNCC1. The fourth-order valence-corrected chi connectivity index (χ4v) is 4.99. The molecule has 0 aliphatic carbocycles. The molecule has 2 aromatic rings. The molecular weight excluding hydrogens is 567 g/mol. The van der Waals surface area contributed by atoms with Gasteiger partial charge in [-0.05, 0) is 36.2 Å². The lowest BCUT2D eigenvalue weighted by atomic mass is 10.1. The van der Waals surface area contributed by atoms with Crippen molar-refractivity contribution in [1.82, 2.24) is 14.5 Å². The summed E-state index contributed by atoms with van der Waals surface area (Å²) in [6, 6.07) is 17.1. The summed E-state index contributed by atoms with van der Waals surface area (Å²) in [6.45, 7) is 2.92. The minimum atomic E-state index is -5.08. The summed E-state index contributed by atoms with van der Waals surface area (Å²) in [5.74, 6) is -2.97. The molecule has 1 fully saturated rings. The van der Waals surface area contributed by atoms with Gasteiger partial charge in [-0.2, -0.15) is 17.5 Å². The van der Waals surface area contributed by atoms with Gasteiger partial charge in [0.15, 0.2) is 0 Å². The molecule has 1 amide bonds. The Morgan fingerprint density at radius 2 is 1.56 bits per heavy atom. The Labute approximate surface area is 216 Å². The maximum Gasteiger partial charge on any atom is 0.490 e. The molecule has 0 spiro atoms. The molecule has 0 bridgehead atoms. The second-order valence-electron chi connectivity index (χ2n) is 7.80. The summed E-state index contributed by atoms with van der Waals surface area (Å²) in [5.41, 5.74) is 1.67. The molecule has 2 aromatic carbocycles. The molecule has 0 atom stereocenters. The highest BCUT2D eigenvalue weighted by atomic mass is 79.9. The smallest absolute Gasteiger partial charge is 0.475 e. The molecule has 2 N–H and O–H groups in total. The summed E-state index contributed by atoms with van der Waals surface area (Å²) in [5, 5.41) is 10.3. The number of carbonyl (C=O) groups excluding carboxylic acids is 1. The Bertz CT molecular complexity index is 1090. The molecule has 1 saturated heterocycles. The van der Waals surface area contributed by atoms with Crippen molar-refractivity contribution in [3.8, 4) is 0 Å². The molecule has 1 heterocycles. The summed E-state index contributed by atoms with van der Waals surface area (Å²) in [6.07, 6.45) is -4.41. The topological polar surface area (TPSA) is 107 Å². The normalized spacial score (nSPS) is 14.4. The fraction of sp³-hybridized carbons (Fsp3) is 0.391. The number of amides is 1. The van der Waals surface area contributed by atoms with Crippen molar-refractivity contribution in [3.63, 3.8) is 0 Å². The van der Waals surface area contributed by atoms with E-state index in [0.717, 1.165) is 10.0 Å². The van der Waals surface area contributed by atoms with Crippen molar-refractivity contribution in [1.29, 1.82) is 0 Å². The minimum Gasteiger partial charge on any atom is -0.475 e. The van der Waals surface area contributed by atoms with Gasteiger partial charge in [-0.1, -0.05) is 46.3 Å². The molecule has 8 nitrogen and oxygen atoms in total. The van der Waals surface area contributed by atoms with Gasteiger partial charge in [0.2, 0.25) is 10.0 Å². The number of nitrogens with zero attached hydrogens (tertiary/aromatic N) is 2. The minimum absolute atomic E-state index is 0.0654. The highest BCUT2D eigenvalue weighted by Gasteiger charge is 2.38. The van der Waals surface area contributed by atoms with Gasteiger partial charge in [-0.15, -0.1) is 0 Å². The largest absolute Gasteiger partial charge is 0.490 e. The second-order valence-corrected chi connectivity index (χ2v) is 10.8. The van der Waals surface area contributed by atoms with E-state index in [9.17, 15) is 26.4 Å². The van der Waals surface area contributed by atoms with E-state index in [4.69, 9.17) is 9.90 Å². The molecule has 36 heavy (non-hydrogen) atoms. The average Bonchev–Trinajstić information content (AvgIpc) is 2.85. The van der Waals surface area contributed by atoms with Gasteiger partial charge >= 0.3 is 12.1 Å². The zero-order chi connectivity index (χ0) is 26.8. The van der Waals surface area contributed by atoms with Crippen LogP contribution in [0.5, 0.6) is 0 Å². The van der Waals surface area contributed by atoms with Crippen LogP contribution in [0.1, 0.15) is 15.9 Å². The van der Waals surface area contributed by atoms with Crippen LogP contribution in [-0.2, 0) is 21.2 Å². The van der Waals surface area contributed by atoms with Crippen molar-refractivity contribution in [2.45, 2.75) is 12.6 Å². The van der Waals surface area contributed by atoms with Gasteiger partial charge in [-0.25, -0.2) is 13.2 Å². The molecule has 198 valence electrons. The molecular formula is C23H27BrF3N3O5S. The first-order valence-corrected chi connectivity index (χ1v) is 13.4. The first kappa shape index (κ1) is 29.7. The molecule has 13 heteroatoms. The lowest BCUT2D eigenvalue weighted by Crippen LogP contribution is -2.48. The zero-order valence-corrected chi connectivity index (χ0v) is 21.7. The number of alkyl halides is 3. The van der Waals surface area contributed by atoms with Crippen molar-refractivity contribution in [2.75, 3.05) is 45.0 Å². The number of nitrogens with one attached hydrogen (secondary N) is 1. The van der Waals surface area contributed by atoms with E-state index >= 15 is 0 Å². The molecule has 1 aliphatic rings. The fourth-order valence-electron chi connectivity index (χ4n) is 3.28. The number of rotatable bonds is 8. The highest BCUT2D eigenvalue weighted by Crippen LogP contribution is 2.14. The average molecular weight is 594 g/mol. The number of hydrogen-bond donors (Lipinski definition) is 2. The summed E-state index contributed by atoms with van der Waals surface area (Å²) in [7, 11) is -3.39. The number of carbonyl (C=O) groups is 2. The Balaban J connectivity index is 0.000000572. The van der Waals surface area contributed by atoms with Gasteiger partial charge in [-0.3, -0.25) is 4.79 Å². The Morgan fingerprint density at radius 3 is 2.08 bits per heavy atom. The quantitative estimate of drug-likeness (QED) is 0.487. The monoisotopic (exact) mass is 593 g/mol. The predicted octanol–water partition coefficient (Wildman–Crippen LogP) is 3.00. The number of benzene rings is 2. The molecule has 0 aromatic heterocycles. The summed E-state index contributed by atoms with van der Waals surface area (Å²) < 4.78 is 59.6. The van der Waals surface area contributed by atoms with E-state index in [2.05, 4.69) is 21.2 Å². The zero-order valence-electron chi connectivity index (χ0n) is 19.2. The lowest BCUT2D eigenvalue weighted by Gasteiger charge is -2.28. The van der Waals surface area contributed by atoms with Gasteiger partial charge < -0.3 is 15.3 Å². The number of piperazine rings is 1. The van der Waals surface area contributed by atoms with E-state index in [1.165, 1.54) is 4.31 Å². The van der Waals surface area contributed by atoms with Gasteiger partial charge in [0.05, 0.1) is 5.75 Å². The summed E-state index contributed by atoms with van der Waals surface area (Å²) >= 11 is 3.38. The maximum absolute atomic E-state index is 13.1. The van der Waals surface area contributed by atoms with E-state index in [1.54, 1.807) is 17.0 Å². The van der Waals surface area contributed by atoms with Crippen molar-refractivity contribution in [2.24, 2.45) is 0 Å². The molecule has 3 rings (SSSR count). The summed E-state index contributed by atoms with van der Waals surface area (Å²) in [4.78, 5) is 23.6. The van der Waals surface area contributed by atoms with E-state index in [0.29, 0.717) is 44.7 Å². The Morgan fingerprint density at radius 1 is 1.00 bits per heavy atom. The first-order chi connectivity index (χ1) is 16.9. The number of hydrogen-bond acceptors (Lipinski definition) is 5. The maximum atomic E-state index is 13.1. The third-order valence-electron chi connectivity index (χ3n) is 5.22. The third-order valence-corrected chi connectivity index (χ3v) is 7.60. The number of aliphatic carboxylic acids is 1. The highest BCUT2D eigenvalue weighted by molar-refractivity contribution is 9.10. The molecule has 1 aliphatic heterocycles. The van der Waals surface area contributed by atoms with Gasteiger partial charge in [0, 0.05) is 49.3 Å². The van der Waals surface area contributed by atoms with Crippen LogP contribution < -0.4 is 5.32 Å². The van der Waals surface area contributed by atoms with E-state index in [1.807, 2.05) is 42.5 Å². The molecule has 0 unspecified atom stereocenters. The van der Waals surface area contributed by atoms with Crippen molar-refractivity contribution < 1.29 is 36.3 Å². The van der Waals surface area contributed by atoms with E-state index < -0.39 is 22.2 Å².